The number of hydrogen-bond donors (Lipinski definition) is 2. The Morgan fingerprint density at radius 2 is 1.82 bits per heavy atom. The zero-order valence-electron chi connectivity index (χ0n) is 13.4. The lowest BCUT2D eigenvalue weighted by atomic mass is 10.1. The zero-order valence-corrected chi connectivity index (χ0v) is 13.4. The summed E-state index contributed by atoms with van der Waals surface area (Å²) in [5.74, 6) is -0.460. The number of carbonyl (C=O) groups excluding carboxylic acids is 1. The first kappa shape index (κ1) is 18.6. The van der Waals surface area contributed by atoms with Crippen LogP contribution in [0.25, 0.3) is 0 Å². The third-order valence-corrected chi connectivity index (χ3v) is 3.46. The molecule has 0 bridgehead atoms. The number of carbonyl (C=O) groups is 1. The van der Waals surface area contributed by atoms with Crippen molar-refractivity contribution in [3.63, 3.8) is 0 Å². The molecule has 0 heterocycles. The molecule has 124 valence electrons. The SMILES string of the molecule is CN(C)C(=O)[C@H](O)[C@@H](O)CCCCCOCc1ccccc1. The molecule has 1 amide bonds. The van der Waals surface area contributed by atoms with Crippen LogP contribution < -0.4 is 0 Å². The van der Waals surface area contributed by atoms with Gasteiger partial charge in [0.05, 0.1) is 12.7 Å². The molecule has 22 heavy (non-hydrogen) atoms. The molecule has 0 radical (unpaired) electrons. The minimum Gasteiger partial charge on any atom is -0.390 e. The van der Waals surface area contributed by atoms with Crippen molar-refractivity contribution < 1.29 is 19.7 Å². The maximum absolute atomic E-state index is 11.5. The lowest BCUT2D eigenvalue weighted by molar-refractivity contribution is -0.143. The van der Waals surface area contributed by atoms with Gasteiger partial charge in [-0.3, -0.25) is 4.79 Å². The van der Waals surface area contributed by atoms with Gasteiger partial charge in [0, 0.05) is 20.7 Å². The zero-order chi connectivity index (χ0) is 16.4. The second kappa shape index (κ2) is 10.3. The average Bonchev–Trinajstić information content (AvgIpc) is 2.53. The van der Waals surface area contributed by atoms with Crippen LogP contribution in [0.1, 0.15) is 31.2 Å². The molecule has 1 rings (SSSR count). The van der Waals surface area contributed by atoms with Crippen LogP contribution in [0.4, 0.5) is 0 Å². The van der Waals surface area contributed by atoms with Crippen LogP contribution in [0.2, 0.25) is 0 Å². The molecule has 2 atom stereocenters. The van der Waals surface area contributed by atoms with Crippen molar-refractivity contribution in [3.05, 3.63) is 35.9 Å². The molecular formula is C17H27NO4. The highest BCUT2D eigenvalue weighted by Crippen LogP contribution is 2.09. The van der Waals surface area contributed by atoms with Crippen LogP contribution >= 0.6 is 0 Å². The summed E-state index contributed by atoms with van der Waals surface area (Å²) in [7, 11) is 3.12. The largest absolute Gasteiger partial charge is 0.390 e. The van der Waals surface area contributed by atoms with Gasteiger partial charge in [-0.05, 0) is 18.4 Å². The van der Waals surface area contributed by atoms with Crippen molar-refractivity contribution in [3.8, 4) is 0 Å². The fraction of sp³-hybridized carbons (Fsp3) is 0.588. The molecule has 0 saturated carbocycles. The predicted octanol–water partition coefficient (Wildman–Crippen LogP) is 1.57. The summed E-state index contributed by atoms with van der Waals surface area (Å²) < 4.78 is 5.57. The molecule has 1 aromatic rings. The number of unbranched alkanes of at least 4 members (excludes halogenated alkanes) is 2. The Bertz CT molecular complexity index is 422. The number of hydrogen-bond acceptors (Lipinski definition) is 4. The van der Waals surface area contributed by atoms with E-state index in [1.54, 1.807) is 14.1 Å². The Balaban J connectivity index is 2.04. The highest BCUT2D eigenvalue weighted by atomic mass is 16.5. The second-order valence-corrected chi connectivity index (χ2v) is 5.63. The van der Waals surface area contributed by atoms with E-state index in [4.69, 9.17) is 4.74 Å². The summed E-state index contributed by atoms with van der Waals surface area (Å²) >= 11 is 0. The third-order valence-electron chi connectivity index (χ3n) is 3.46. The maximum Gasteiger partial charge on any atom is 0.253 e. The van der Waals surface area contributed by atoms with E-state index in [0.29, 0.717) is 19.6 Å². The number of benzene rings is 1. The topological polar surface area (TPSA) is 70.0 Å². The van der Waals surface area contributed by atoms with Gasteiger partial charge in [-0.1, -0.05) is 43.2 Å². The number of ether oxygens (including phenoxy) is 1. The minimum absolute atomic E-state index is 0.416. The molecule has 0 saturated heterocycles. The highest BCUT2D eigenvalue weighted by molar-refractivity contribution is 5.80. The molecule has 2 N–H and O–H groups in total. The molecule has 0 unspecified atom stereocenters. The van der Waals surface area contributed by atoms with Crippen LogP contribution in [0.3, 0.4) is 0 Å². The fourth-order valence-corrected chi connectivity index (χ4v) is 2.09. The molecule has 0 aliphatic rings. The Morgan fingerprint density at radius 3 is 2.45 bits per heavy atom. The van der Waals surface area contributed by atoms with E-state index in [9.17, 15) is 15.0 Å². The van der Waals surface area contributed by atoms with Crippen molar-refractivity contribution in [2.24, 2.45) is 0 Å². The van der Waals surface area contributed by atoms with Crippen molar-refractivity contribution in [2.45, 2.75) is 44.5 Å². The van der Waals surface area contributed by atoms with Gasteiger partial charge in [0.25, 0.3) is 5.91 Å². The molecule has 5 nitrogen and oxygen atoms in total. The first-order valence-electron chi connectivity index (χ1n) is 7.71. The van der Waals surface area contributed by atoms with E-state index >= 15 is 0 Å². The van der Waals surface area contributed by atoms with Crippen LogP contribution in [-0.4, -0.2) is 53.9 Å². The van der Waals surface area contributed by atoms with Crippen LogP contribution in [0, 0.1) is 0 Å². The Morgan fingerprint density at radius 1 is 1.14 bits per heavy atom. The third kappa shape index (κ3) is 7.02. The van der Waals surface area contributed by atoms with Crippen molar-refractivity contribution >= 4 is 5.91 Å². The molecule has 5 heteroatoms. The van der Waals surface area contributed by atoms with Crippen LogP contribution in [-0.2, 0) is 16.1 Å². The van der Waals surface area contributed by atoms with E-state index < -0.39 is 18.1 Å². The summed E-state index contributed by atoms with van der Waals surface area (Å²) in [6.45, 7) is 1.28. The van der Waals surface area contributed by atoms with Gasteiger partial charge in [0.15, 0.2) is 6.10 Å². The van der Waals surface area contributed by atoms with E-state index in [1.807, 2.05) is 30.3 Å². The van der Waals surface area contributed by atoms with E-state index in [2.05, 4.69) is 0 Å². The van der Waals surface area contributed by atoms with Crippen molar-refractivity contribution in [1.82, 2.24) is 4.90 Å². The second-order valence-electron chi connectivity index (χ2n) is 5.63. The highest BCUT2D eigenvalue weighted by Gasteiger charge is 2.24. The first-order chi connectivity index (χ1) is 10.5. The monoisotopic (exact) mass is 309 g/mol. The van der Waals surface area contributed by atoms with Crippen LogP contribution in [0.15, 0.2) is 30.3 Å². The lowest BCUT2D eigenvalue weighted by Crippen LogP contribution is -2.41. The number of amides is 1. The number of likely N-dealkylation sites (N-methyl/N-ethyl adjacent to an activating group) is 1. The molecule has 0 spiro atoms. The average molecular weight is 309 g/mol. The van der Waals surface area contributed by atoms with Gasteiger partial charge >= 0.3 is 0 Å². The van der Waals surface area contributed by atoms with Gasteiger partial charge < -0.3 is 19.8 Å². The van der Waals surface area contributed by atoms with E-state index in [0.717, 1.165) is 24.8 Å². The van der Waals surface area contributed by atoms with E-state index in [1.165, 1.54) is 4.90 Å². The van der Waals surface area contributed by atoms with Gasteiger partial charge in [-0.15, -0.1) is 0 Å². The number of rotatable bonds is 10. The summed E-state index contributed by atoms with van der Waals surface area (Å²) in [6, 6.07) is 10.0. The smallest absolute Gasteiger partial charge is 0.253 e. The van der Waals surface area contributed by atoms with Crippen LogP contribution in [0.5, 0.6) is 0 Å². The van der Waals surface area contributed by atoms with Gasteiger partial charge in [-0.2, -0.15) is 0 Å². The lowest BCUT2D eigenvalue weighted by Gasteiger charge is -2.20. The molecule has 0 aliphatic carbocycles. The van der Waals surface area contributed by atoms with Crippen molar-refractivity contribution in [2.75, 3.05) is 20.7 Å². The molecule has 0 aromatic heterocycles. The Kier molecular flexibility index (Phi) is 8.74. The number of aliphatic hydroxyl groups is 2. The summed E-state index contributed by atoms with van der Waals surface area (Å²) in [4.78, 5) is 12.8. The fourth-order valence-electron chi connectivity index (χ4n) is 2.09. The molecule has 0 aliphatic heterocycles. The number of aliphatic hydroxyl groups excluding tert-OH is 2. The first-order valence-corrected chi connectivity index (χ1v) is 7.71. The Labute approximate surface area is 132 Å². The van der Waals surface area contributed by atoms with Crippen molar-refractivity contribution in [1.29, 1.82) is 0 Å². The predicted molar refractivity (Wildman–Crippen MR) is 85.3 cm³/mol. The maximum atomic E-state index is 11.5. The standard InChI is InChI=1S/C17H27NO4/c1-18(2)17(21)16(20)15(19)11-7-4-8-12-22-13-14-9-5-3-6-10-14/h3,5-6,9-10,15-16,19-20H,4,7-8,11-13H2,1-2H3/t15-,16+/m0/s1. The van der Waals surface area contributed by atoms with E-state index in [-0.39, 0.29) is 0 Å². The normalized spacial score (nSPS) is 13.6. The van der Waals surface area contributed by atoms with Gasteiger partial charge in [0.1, 0.15) is 0 Å². The summed E-state index contributed by atoms with van der Waals surface area (Å²) in [5, 5.41) is 19.4. The summed E-state index contributed by atoms with van der Waals surface area (Å²) in [5.41, 5.74) is 1.16. The number of nitrogens with zero attached hydrogens (tertiary/aromatic N) is 1. The summed E-state index contributed by atoms with van der Waals surface area (Å²) in [6.07, 6.45) is 0.642. The molecular weight excluding hydrogens is 282 g/mol. The molecule has 1 aromatic carbocycles. The quantitative estimate of drug-likeness (QED) is 0.644. The Hall–Kier alpha value is -1.43. The molecule has 0 fully saturated rings. The van der Waals surface area contributed by atoms with Gasteiger partial charge in [-0.25, -0.2) is 0 Å². The minimum atomic E-state index is -1.33. The van der Waals surface area contributed by atoms with Gasteiger partial charge in [0.2, 0.25) is 0 Å².